The van der Waals surface area contributed by atoms with E-state index in [-0.39, 0.29) is 5.91 Å². The first-order chi connectivity index (χ1) is 9.40. The van der Waals surface area contributed by atoms with Gasteiger partial charge < -0.3 is 9.40 Å². The Hall–Kier alpha value is -1.62. The Balaban J connectivity index is 2.58. The summed E-state index contributed by atoms with van der Waals surface area (Å²) < 4.78 is 1.93. The van der Waals surface area contributed by atoms with E-state index >= 15 is 0 Å². The second-order valence-corrected chi connectivity index (χ2v) is 10.7. The molecule has 0 radical (unpaired) electrons. The Morgan fingerprint density at radius 2 is 1.95 bits per heavy atom. The molecule has 108 valence electrons. The number of benzene rings is 1. The summed E-state index contributed by atoms with van der Waals surface area (Å²) in [4.78, 5) is 17.8. The lowest BCUT2D eigenvalue weighted by molar-refractivity contribution is -0.111. The molecule has 1 aromatic carbocycles. The van der Waals surface area contributed by atoms with Crippen LogP contribution in [-0.2, 0) is 16.1 Å². The van der Waals surface area contributed by atoms with Gasteiger partial charge in [-0.2, -0.15) is 0 Å². The molecule has 1 amide bonds. The molecule has 1 aromatic rings. The minimum atomic E-state index is -1.80. The molecule has 0 aliphatic carbocycles. The molecule has 1 aliphatic rings. The predicted molar refractivity (Wildman–Crippen MR) is 84.8 cm³/mol. The van der Waals surface area contributed by atoms with Crippen LogP contribution in [0.1, 0.15) is 25.0 Å². The average molecular weight is 290 g/mol. The lowest BCUT2D eigenvalue weighted by atomic mass is 10.1. The minimum absolute atomic E-state index is 0.0270. The summed E-state index contributed by atoms with van der Waals surface area (Å²) in [5.41, 5.74) is 3.53. The Morgan fingerprint density at radius 1 is 1.25 bits per heavy atom. The third-order valence-corrected chi connectivity index (χ3v) is 5.11. The first-order valence-corrected chi connectivity index (χ1v) is 10.5. The van der Waals surface area contributed by atoms with E-state index < -0.39 is 8.24 Å². The van der Waals surface area contributed by atoms with Gasteiger partial charge in [0.05, 0.1) is 0 Å². The number of anilines is 1. The molecule has 0 spiro atoms. The molecule has 5 heteroatoms. The van der Waals surface area contributed by atoms with Crippen molar-refractivity contribution in [1.82, 2.24) is 0 Å². The van der Waals surface area contributed by atoms with Crippen molar-refractivity contribution in [2.75, 3.05) is 11.2 Å². The van der Waals surface area contributed by atoms with Gasteiger partial charge in [-0.3, -0.25) is 4.79 Å². The van der Waals surface area contributed by atoms with E-state index in [1.54, 1.807) is 0 Å². The van der Waals surface area contributed by atoms with Crippen LogP contribution in [0.15, 0.2) is 23.4 Å². The maximum Gasteiger partial charge on any atom is 0.273 e. The van der Waals surface area contributed by atoms with Gasteiger partial charge in [-0.25, -0.2) is 0 Å². The fourth-order valence-corrected chi connectivity index (χ4v) is 4.03. The van der Waals surface area contributed by atoms with Crippen LogP contribution in [0.4, 0.5) is 5.69 Å². The molecule has 0 aromatic heterocycles. The van der Waals surface area contributed by atoms with Crippen molar-refractivity contribution in [3.8, 4) is 0 Å². The molecule has 0 fully saturated rings. The van der Waals surface area contributed by atoms with E-state index in [0.29, 0.717) is 12.3 Å². The van der Waals surface area contributed by atoms with E-state index in [1.165, 1.54) is 5.56 Å². The van der Waals surface area contributed by atoms with Crippen LogP contribution in [0, 0.1) is 0 Å². The molecule has 0 N–H and O–H groups in total. The lowest BCUT2D eigenvalue weighted by Crippen LogP contribution is -2.49. The molecule has 0 atom stereocenters. The summed E-state index contributed by atoms with van der Waals surface area (Å²) in [6.45, 7) is 10.9. The standard InChI is InChI=1S/C15H22N2O2Si/c1-6-11-8-9-13-12(10-11)14(16-19-7-2)15(18)17(13)20(3,4)5/h8-10H,6-7H2,1-5H3/b16-14+. The van der Waals surface area contributed by atoms with Crippen molar-refractivity contribution >= 4 is 25.5 Å². The van der Waals surface area contributed by atoms with Crippen LogP contribution in [-0.4, -0.2) is 26.5 Å². The van der Waals surface area contributed by atoms with E-state index in [4.69, 9.17) is 4.84 Å². The highest BCUT2D eigenvalue weighted by molar-refractivity contribution is 6.87. The second kappa shape index (κ2) is 5.40. The summed E-state index contributed by atoms with van der Waals surface area (Å²) in [6.07, 6.45) is 0.941. The van der Waals surface area contributed by atoms with Crippen LogP contribution in [0.25, 0.3) is 0 Å². The van der Waals surface area contributed by atoms with Crippen molar-refractivity contribution in [2.24, 2.45) is 5.16 Å². The Kier molecular flexibility index (Phi) is 3.99. The first kappa shape index (κ1) is 14.8. The van der Waals surface area contributed by atoms with Crippen molar-refractivity contribution in [3.63, 3.8) is 0 Å². The van der Waals surface area contributed by atoms with Crippen molar-refractivity contribution in [3.05, 3.63) is 29.3 Å². The van der Waals surface area contributed by atoms with Gasteiger partial charge in [-0.05, 0) is 31.0 Å². The van der Waals surface area contributed by atoms with Crippen LogP contribution in [0.2, 0.25) is 19.6 Å². The molecule has 20 heavy (non-hydrogen) atoms. The molecule has 2 rings (SSSR count). The Bertz CT molecular complexity index is 561. The van der Waals surface area contributed by atoms with Crippen LogP contribution in [0.5, 0.6) is 0 Å². The average Bonchev–Trinajstić information content (AvgIpc) is 2.67. The molecule has 4 nitrogen and oxygen atoms in total. The van der Waals surface area contributed by atoms with Gasteiger partial charge in [0.1, 0.15) is 6.61 Å². The summed E-state index contributed by atoms with van der Waals surface area (Å²) in [5, 5.41) is 4.05. The molecule has 0 saturated heterocycles. The van der Waals surface area contributed by atoms with Gasteiger partial charge in [0, 0.05) is 11.3 Å². The van der Waals surface area contributed by atoms with Gasteiger partial charge >= 0.3 is 0 Å². The summed E-state index contributed by atoms with van der Waals surface area (Å²) in [6, 6.07) is 6.19. The number of aryl methyl sites for hydroxylation is 1. The second-order valence-electron chi connectivity index (χ2n) is 5.87. The van der Waals surface area contributed by atoms with Crippen molar-refractivity contribution in [1.29, 1.82) is 0 Å². The number of fused-ring (bicyclic) bond motifs is 1. The topological polar surface area (TPSA) is 41.9 Å². The molecule has 0 unspecified atom stereocenters. The van der Waals surface area contributed by atoms with E-state index in [2.05, 4.69) is 43.9 Å². The van der Waals surface area contributed by atoms with Gasteiger partial charge in [0.15, 0.2) is 13.9 Å². The maximum atomic E-state index is 12.7. The number of hydrogen-bond acceptors (Lipinski definition) is 3. The first-order valence-electron chi connectivity index (χ1n) is 7.08. The number of hydrogen-bond donors (Lipinski definition) is 0. The number of amides is 1. The number of rotatable bonds is 4. The zero-order chi connectivity index (χ0) is 14.9. The molecule has 1 aliphatic heterocycles. The summed E-state index contributed by atoms with van der Waals surface area (Å²) in [7, 11) is -1.80. The molecular weight excluding hydrogens is 268 g/mol. The number of oxime groups is 1. The largest absolute Gasteiger partial charge is 0.395 e. The predicted octanol–water partition coefficient (Wildman–Crippen LogP) is 3.17. The molecule has 0 saturated carbocycles. The van der Waals surface area contributed by atoms with Gasteiger partial charge in [0.25, 0.3) is 5.91 Å². The normalized spacial score (nSPS) is 16.8. The highest BCUT2D eigenvalue weighted by Crippen LogP contribution is 2.34. The zero-order valence-electron chi connectivity index (χ0n) is 12.9. The van der Waals surface area contributed by atoms with Crippen molar-refractivity contribution in [2.45, 2.75) is 39.9 Å². The Morgan fingerprint density at radius 3 is 2.50 bits per heavy atom. The molecular formula is C15H22N2O2Si. The van der Waals surface area contributed by atoms with E-state index in [9.17, 15) is 4.79 Å². The van der Waals surface area contributed by atoms with Gasteiger partial charge in [0.2, 0.25) is 0 Å². The van der Waals surface area contributed by atoms with Gasteiger partial charge in [-0.1, -0.05) is 37.8 Å². The van der Waals surface area contributed by atoms with Crippen LogP contribution >= 0.6 is 0 Å². The highest BCUT2D eigenvalue weighted by Gasteiger charge is 2.41. The third-order valence-electron chi connectivity index (χ3n) is 3.33. The summed E-state index contributed by atoms with van der Waals surface area (Å²) >= 11 is 0. The third kappa shape index (κ3) is 2.50. The number of nitrogens with zero attached hydrogens (tertiary/aromatic N) is 2. The van der Waals surface area contributed by atoms with E-state index in [1.807, 2.05) is 17.6 Å². The quantitative estimate of drug-likeness (QED) is 0.631. The fourth-order valence-electron chi connectivity index (χ4n) is 2.40. The lowest BCUT2D eigenvalue weighted by Gasteiger charge is -2.30. The van der Waals surface area contributed by atoms with Crippen molar-refractivity contribution < 1.29 is 9.63 Å². The number of carbonyl (C=O) groups excluding carboxylic acids is 1. The fraction of sp³-hybridized carbons (Fsp3) is 0.467. The van der Waals surface area contributed by atoms with Crippen LogP contribution in [0.3, 0.4) is 0 Å². The smallest absolute Gasteiger partial charge is 0.273 e. The SMILES string of the molecule is CCO/N=C1/C(=O)N([Si](C)(C)C)c2ccc(CC)cc21. The zero-order valence-corrected chi connectivity index (χ0v) is 13.9. The van der Waals surface area contributed by atoms with Gasteiger partial charge in [-0.15, -0.1) is 0 Å². The molecule has 0 bridgehead atoms. The maximum absolute atomic E-state index is 12.7. The molecule has 1 heterocycles. The monoisotopic (exact) mass is 290 g/mol. The van der Waals surface area contributed by atoms with Crippen LogP contribution < -0.4 is 4.57 Å². The summed E-state index contributed by atoms with van der Waals surface area (Å²) in [5.74, 6) is -0.0270. The highest BCUT2D eigenvalue weighted by atomic mass is 28.3. The number of carbonyl (C=O) groups is 1. The minimum Gasteiger partial charge on any atom is -0.395 e. The Labute approximate surface area is 121 Å². The van der Waals surface area contributed by atoms with E-state index in [0.717, 1.165) is 17.7 Å².